The molecule has 0 saturated carbocycles. The Labute approximate surface area is 161 Å². The van der Waals surface area contributed by atoms with Gasteiger partial charge in [-0.05, 0) is 49.8 Å². The summed E-state index contributed by atoms with van der Waals surface area (Å²) in [4.78, 5) is 37.9. The Kier molecular flexibility index (Phi) is 5.49. The number of carbonyl (C=O) groups is 3. The quantitative estimate of drug-likeness (QED) is 0.607. The number of barbiturate groups is 1. The van der Waals surface area contributed by atoms with Gasteiger partial charge in [-0.1, -0.05) is 6.07 Å². The molecule has 0 unspecified atom stereocenters. The Morgan fingerprint density at radius 2 is 1.96 bits per heavy atom. The number of benzene rings is 1. The number of ether oxygens (including phenoxy) is 2. The van der Waals surface area contributed by atoms with Crippen LogP contribution >= 0.6 is 0 Å². The molecule has 4 amide bonds. The van der Waals surface area contributed by atoms with Crippen molar-refractivity contribution >= 4 is 23.9 Å². The predicted octanol–water partition coefficient (Wildman–Crippen LogP) is 2.74. The summed E-state index contributed by atoms with van der Waals surface area (Å²) in [6.07, 6.45) is 2.81. The molecule has 2 aromatic rings. The molecule has 1 aromatic heterocycles. The van der Waals surface area contributed by atoms with E-state index in [1.807, 2.05) is 13.8 Å². The maximum atomic E-state index is 12.7. The molecule has 1 saturated heterocycles. The standard InChI is InChI=1S/C20H20N2O6/c1-12(2)28-16-7-6-13(10-17(16)26-3)9-15-18(23)21-20(25)22(19(15)24)11-14-5-4-8-27-14/h4-10,12H,11H2,1-3H3,(H,21,23,25)/b15-9+. The number of amides is 4. The Bertz CT molecular complexity index is 930. The van der Waals surface area contributed by atoms with Crippen LogP contribution in [0.5, 0.6) is 11.5 Å². The third kappa shape index (κ3) is 4.06. The van der Waals surface area contributed by atoms with Crippen LogP contribution in [0.15, 0.2) is 46.6 Å². The van der Waals surface area contributed by atoms with Crippen molar-refractivity contribution in [1.82, 2.24) is 10.2 Å². The highest BCUT2D eigenvalue weighted by Gasteiger charge is 2.36. The Morgan fingerprint density at radius 3 is 2.61 bits per heavy atom. The number of nitrogens with one attached hydrogen (secondary N) is 1. The first kappa shape index (κ1) is 19.2. The molecular formula is C20H20N2O6. The number of nitrogens with zero attached hydrogens (tertiary/aromatic N) is 1. The van der Waals surface area contributed by atoms with E-state index in [4.69, 9.17) is 13.9 Å². The minimum Gasteiger partial charge on any atom is -0.493 e. The van der Waals surface area contributed by atoms with Crippen LogP contribution in [-0.4, -0.2) is 36.0 Å². The molecule has 0 aliphatic carbocycles. The summed E-state index contributed by atoms with van der Waals surface area (Å²) >= 11 is 0. The van der Waals surface area contributed by atoms with Gasteiger partial charge in [-0.3, -0.25) is 19.8 Å². The fourth-order valence-corrected chi connectivity index (χ4v) is 2.69. The number of methoxy groups -OCH3 is 1. The molecule has 1 aromatic carbocycles. The van der Waals surface area contributed by atoms with E-state index in [0.717, 1.165) is 4.90 Å². The second-order valence-corrected chi connectivity index (χ2v) is 6.36. The summed E-state index contributed by atoms with van der Waals surface area (Å²) in [6, 6.07) is 7.54. The van der Waals surface area contributed by atoms with Gasteiger partial charge in [-0.2, -0.15) is 0 Å². The minimum atomic E-state index is -0.790. The lowest BCUT2D eigenvalue weighted by atomic mass is 10.1. The average Bonchev–Trinajstić information content (AvgIpc) is 3.16. The summed E-state index contributed by atoms with van der Waals surface area (Å²) in [5, 5.41) is 2.17. The lowest BCUT2D eigenvalue weighted by Gasteiger charge is -2.25. The van der Waals surface area contributed by atoms with E-state index in [2.05, 4.69) is 5.32 Å². The second-order valence-electron chi connectivity index (χ2n) is 6.36. The topological polar surface area (TPSA) is 98.1 Å². The first-order valence-electron chi connectivity index (χ1n) is 8.65. The van der Waals surface area contributed by atoms with Crippen LogP contribution in [0.25, 0.3) is 6.08 Å². The van der Waals surface area contributed by atoms with E-state index in [1.165, 1.54) is 19.4 Å². The fourth-order valence-electron chi connectivity index (χ4n) is 2.69. The number of urea groups is 1. The van der Waals surface area contributed by atoms with Gasteiger partial charge in [0.1, 0.15) is 11.3 Å². The zero-order valence-corrected chi connectivity index (χ0v) is 15.7. The molecule has 0 bridgehead atoms. The zero-order valence-electron chi connectivity index (χ0n) is 15.7. The molecule has 1 aliphatic rings. The van der Waals surface area contributed by atoms with Gasteiger partial charge in [0, 0.05) is 0 Å². The number of hydrogen-bond donors (Lipinski definition) is 1. The van der Waals surface area contributed by atoms with Crippen molar-refractivity contribution < 1.29 is 28.3 Å². The summed E-state index contributed by atoms with van der Waals surface area (Å²) in [5.74, 6) is -0.0169. The summed E-state index contributed by atoms with van der Waals surface area (Å²) in [6.45, 7) is 3.71. The smallest absolute Gasteiger partial charge is 0.331 e. The number of hydrogen-bond acceptors (Lipinski definition) is 6. The SMILES string of the molecule is COc1cc(/C=C2\C(=O)NC(=O)N(Cc3ccco3)C2=O)ccc1OC(C)C. The molecule has 0 atom stereocenters. The van der Waals surface area contributed by atoms with Crippen molar-refractivity contribution in [3.05, 3.63) is 53.5 Å². The van der Waals surface area contributed by atoms with E-state index in [9.17, 15) is 14.4 Å². The molecular weight excluding hydrogens is 364 g/mol. The molecule has 2 heterocycles. The number of imide groups is 2. The van der Waals surface area contributed by atoms with Gasteiger partial charge in [-0.15, -0.1) is 0 Å². The predicted molar refractivity (Wildman–Crippen MR) is 99.5 cm³/mol. The highest BCUT2D eigenvalue weighted by Crippen LogP contribution is 2.30. The fraction of sp³-hybridized carbons (Fsp3) is 0.250. The maximum Gasteiger partial charge on any atom is 0.331 e. The van der Waals surface area contributed by atoms with E-state index < -0.39 is 17.8 Å². The van der Waals surface area contributed by atoms with Crippen LogP contribution in [-0.2, 0) is 16.1 Å². The molecule has 0 radical (unpaired) electrons. The van der Waals surface area contributed by atoms with Gasteiger partial charge < -0.3 is 13.9 Å². The third-order valence-corrected chi connectivity index (χ3v) is 3.94. The lowest BCUT2D eigenvalue weighted by molar-refractivity contribution is -0.130. The number of furan rings is 1. The Balaban J connectivity index is 1.90. The Hall–Kier alpha value is -3.55. The summed E-state index contributed by atoms with van der Waals surface area (Å²) in [7, 11) is 1.50. The molecule has 1 aliphatic heterocycles. The van der Waals surface area contributed by atoms with Crippen LogP contribution in [0, 0.1) is 0 Å². The van der Waals surface area contributed by atoms with Crippen LogP contribution in [0.1, 0.15) is 25.2 Å². The van der Waals surface area contributed by atoms with Gasteiger partial charge >= 0.3 is 6.03 Å². The maximum absolute atomic E-state index is 12.7. The van der Waals surface area contributed by atoms with Crippen LogP contribution in [0.2, 0.25) is 0 Å². The number of rotatable bonds is 6. The minimum absolute atomic E-state index is 0.0371. The molecule has 8 nitrogen and oxygen atoms in total. The van der Waals surface area contributed by atoms with E-state index in [-0.39, 0.29) is 18.2 Å². The van der Waals surface area contributed by atoms with Gasteiger partial charge in [0.15, 0.2) is 11.5 Å². The van der Waals surface area contributed by atoms with Gasteiger partial charge in [-0.25, -0.2) is 4.79 Å². The highest BCUT2D eigenvalue weighted by molar-refractivity contribution is 6.30. The van der Waals surface area contributed by atoms with Crippen molar-refractivity contribution in [1.29, 1.82) is 0 Å². The second kappa shape index (κ2) is 7.99. The average molecular weight is 384 g/mol. The summed E-state index contributed by atoms with van der Waals surface area (Å²) in [5.41, 5.74) is 0.393. The van der Waals surface area contributed by atoms with Crippen molar-refractivity contribution in [2.45, 2.75) is 26.5 Å². The highest BCUT2D eigenvalue weighted by atomic mass is 16.5. The van der Waals surface area contributed by atoms with Crippen LogP contribution in [0.3, 0.4) is 0 Å². The molecule has 146 valence electrons. The normalized spacial score (nSPS) is 15.9. The van der Waals surface area contributed by atoms with E-state index in [1.54, 1.807) is 30.3 Å². The molecule has 1 N–H and O–H groups in total. The third-order valence-electron chi connectivity index (χ3n) is 3.94. The molecule has 8 heteroatoms. The zero-order chi connectivity index (χ0) is 20.3. The van der Waals surface area contributed by atoms with Gasteiger partial charge in [0.2, 0.25) is 0 Å². The van der Waals surface area contributed by atoms with Crippen molar-refractivity contribution in [2.24, 2.45) is 0 Å². The first-order chi connectivity index (χ1) is 13.4. The van der Waals surface area contributed by atoms with E-state index >= 15 is 0 Å². The van der Waals surface area contributed by atoms with Crippen molar-refractivity contribution in [2.75, 3.05) is 7.11 Å². The summed E-state index contributed by atoms with van der Waals surface area (Å²) < 4.78 is 16.2. The first-order valence-corrected chi connectivity index (χ1v) is 8.65. The lowest BCUT2D eigenvalue weighted by Crippen LogP contribution is -2.53. The van der Waals surface area contributed by atoms with Gasteiger partial charge in [0.05, 0.1) is 26.0 Å². The molecule has 0 spiro atoms. The molecule has 28 heavy (non-hydrogen) atoms. The number of carbonyl (C=O) groups excluding carboxylic acids is 3. The van der Waals surface area contributed by atoms with Crippen molar-refractivity contribution in [3.63, 3.8) is 0 Å². The largest absolute Gasteiger partial charge is 0.493 e. The Morgan fingerprint density at radius 1 is 1.18 bits per heavy atom. The van der Waals surface area contributed by atoms with E-state index in [0.29, 0.717) is 22.8 Å². The molecule has 3 rings (SSSR count). The monoisotopic (exact) mass is 384 g/mol. The van der Waals surface area contributed by atoms with Crippen LogP contribution < -0.4 is 14.8 Å². The van der Waals surface area contributed by atoms with Gasteiger partial charge in [0.25, 0.3) is 11.8 Å². The van der Waals surface area contributed by atoms with Crippen molar-refractivity contribution in [3.8, 4) is 11.5 Å². The molecule has 1 fully saturated rings. The van der Waals surface area contributed by atoms with Crippen LogP contribution in [0.4, 0.5) is 4.79 Å².